The fourth-order valence-corrected chi connectivity index (χ4v) is 13.2. The van der Waals surface area contributed by atoms with E-state index in [1.165, 1.54) is 5.56 Å². The molecule has 4 heterocycles. The standard InChI is InChI=1S/C61H73N5O9S2/c1-8-20-62-58(67)19-27-76-77-61(3,4)40-64(21-22-72-25-26-73-24-23-70-6)48-30-42(38-74-55-34-44-17-18-47-32-45-13-9-11-15-52(45)65(47)59(68)50(44)28-41(55)2)29-43(31-48)39-75-57-36-54-51(35-56(57)71-7)60(69)66-49(37-63(54)5)33-46-14-10-12-16-53(46)66/h9-16,28-31,34-36,47,49H,8,17-27,32-33,38-40H2,1-7H3,(H,62,67)/t47-,49+/m1/s1. The maximum Gasteiger partial charge on any atom is 0.258 e. The Morgan fingerprint density at radius 2 is 1.47 bits per heavy atom. The van der Waals surface area contributed by atoms with Crippen LogP contribution in [0.15, 0.2) is 91.0 Å². The number of hydrogen-bond donors (Lipinski definition) is 1. The fraction of sp³-hybridized carbons (Fsp3) is 0.443. The minimum Gasteiger partial charge on any atom is -0.493 e. The molecule has 4 aliphatic rings. The summed E-state index contributed by atoms with van der Waals surface area (Å²) in [4.78, 5) is 47.3. The maximum absolute atomic E-state index is 14.4. The molecule has 0 bridgehead atoms. The molecule has 0 saturated carbocycles. The molecule has 3 amide bonds. The summed E-state index contributed by atoms with van der Waals surface area (Å²) < 4.78 is 38.1. The molecule has 0 fully saturated rings. The third kappa shape index (κ3) is 13.3. The van der Waals surface area contributed by atoms with E-state index in [0.717, 1.165) is 81.9 Å². The summed E-state index contributed by atoms with van der Waals surface area (Å²) in [5, 5.41) is 2.99. The highest BCUT2D eigenvalue weighted by Gasteiger charge is 2.38. The number of rotatable bonds is 26. The van der Waals surface area contributed by atoms with Crippen molar-refractivity contribution in [2.45, 2.75) is 96.3 Å². The van der Waals surface area contributed by atoms with Crippen molar-refractivity contribution in [1.82, 2.24) is 5.32 Å². The number of nitrogens with one attached hydrogen (secondary N) is 1. The van der Waals surface area contributed by atoms with Gasteiger partial charge in [0.05, 0.1) is 45.8 Å². The first kappa shape index (κ1) is 55.7. The fourth-order valence-electron chi connectivity index (χ4n) is 10.7. The lowest BCUT2D eigenvalue weighted by Gasteiger charge is -2.34. The number of ether oxygens (including phenoxy) is 6. The van der Waals surface area contributed by atoms with Gasteiger partial charge in [0, 0.05) is 90.2 Å². The van der Waals surface area contributed by atoms with Gasteiger partial charge < -0.3 is 53.0 Å². The summed E-state index contributed by atoms with van der Waals surface area (Å²) in [5.74, 6) is 2.39. The highest BCUT2D eigenvalue weighted by molar-refractivity contribution is 8.77. The van der Waals surface area contributed by atoms with Crippen LogP contribution in [0.5, 0.6) is 17.2 Å². The topological polar surface area (TPSA) is 131 Å². The van der Waals surface area contributed by atoms with E-state index < -0.39 is 0 Å². The zero-order chi connectivity index (χ0) is 54.1. The number of methoxy groups -OCH3 is 2. The Bertz CT molecular complexity index is 2970. The number of hydrogen-bond acceptors (Lipinski definition) is 12. The third-order valence-corrected chi connectivity index (χ3v) is 17.7. The predicted octanol–water partition coefficient (Wildman–Crippen LogP) is 10.0. The summed E-state index contributed by atoms with van der Waals surface area (Å²) in [6.45, 7) is 13.3. The zero-order valence-electron chi connectivity index (χ0n) is 45.6. The van der Waals surface area contributed by atoms with Crippen molar-refractivity contribution in [3.8, 4) is 17.2 Å². The number of benzene rings is 5. The van der Waals surface area contributed by atoms with Gasteiger partial charge in [-0.1, -0.05) is 64.9 Å². The monoisotopic (exact) mass is 1080 g/mol. The molecule has 9 rings (SSSR count). The Labute approximate surface area is 462 Å². The Hall–Kier alpha value is -6.04. The molecule has 5 aromatic carbocycles. The van der Waals surface area contributed by atoms with E-state index in [2.05, 4.69) is 85.7 Å². The molecule has 0 spiro atoms. The summed E-state index contributed by atoms with van der Waals surface area (Å²) in [5.41, 5.74) is 10.9. The van der Waals surface area contributed by atoms with Crippen molar-refractivity contribution in [2.24, 2.45) is 0 Å². The van der Waals surface area contributed by atoms with E-state index in [4.69, 9.17) is 28.4 Å². The van der Waals surface area contributed by atoms with Crippen LogP contribution in [0.25, 0.3) is 0 Å². The van der Waals surface area contributed by atoms with Crippen molar-refractivity contribution < 1.29 is 47.4 Å². The highest BCUT2D eigenvalue weighted by atomic mass is 33.1. The molecule has 14 nitrogen and oxygen atoms in total. The number of amides is 3. The number of carbonyl (C=O) groups is 3. The first-order chi connectivity index (χ1) is 37.3. The Morgan fingerprint density at radius 3 is 2.19 bits per heavy atom. The molecule has 0 radical (unpaired) electrons. The number of carbonyl (C=O) groups excluding carboxylic acids is 3. The van der Waals surface area contributed by atoms with Gasteiger partial charge in [0.1, 0.15) is 31.8 Å². The maximum atomic E-state index is 14.4. The van der Waals surface area contributed by atoms with Crippen LogP contribution in [-0.4, -0.2) is 125 Å². The molecule has 16 heteroatoms. The average molecular weight is 1080 g/mol. The molecule has 4 aliphatic heterocycles. The summed E-state index contributed by atoms with van der Waals surface area (Å²) >= 11 is 0. The number of para-hydroxylation sites is 2. The molecule has 1 N–H and O–H groups in total. The highest BCUT2D eigenvalue weighted by Crippen LogP contribution is 2.43. The molecular weight excluding hydrogens is 1010 g/mol. The second kappa shape index (κ2) is 25.6. The second-order valence-electron chi connectivity index (χ2n) is 20.7. The Balaban J connectivity index is 0.997. The normalized spacial score (nSPS) is 16.3. The zero-order valence-corrected chi connectivity index (χ0v) is 47.2. The van der Waals surface area contributed by atoms with Gasteiger partial charge in [-0.25, -0.2) is 0 Å². The van der Waals surface area contributed by atoms with Gasteiger partial charge in [0.15, 0.2) is 5.75 Å². The first-order valence-corrected chi connectivity index (χ1v) is 29.2. The van der Waals surface area contributed by atoms with Crippen molar-refractivity contribution in [3.05, 3.63) is 136 Å². The van der Waals surface area contributed by atoms with E-state index >= 15 is 0 Å². The number of anilines is 3. The van der Waals surface area contributed by atoms with Crippen LogP contribution in [0.4, 0.5) is 22.7 Å². The van der Waals surface area contributed by atoms with Gasteiger partial charge in [-0.15, -0.1) is 0 Å². The molecule has 77 heavy (non-hydrogen) atoms. The van der Waals surface area contributed by atoms with Crippen LogP contribution in [-0.2, 0) is 51.5 Å². The van der Waals surface area contributed by atoms with E-state index in [0.29, 0.717) is 94.0 Å². The Morgan fingerprint density at radius 1 is 0.792 bits per heavy atom. The summed E-state index contributed by atoms with van der Waals surface area (Å²) in [6.07, 6.45) is 8.11. The van der Waals surface area contributed by atoms with Crippen LogP contribution in [0.2, 0.25) is 0 Å². The van der Waals surface area contributed by atoms with Crippen LogP contribution >= 0.6 is 21.6 Å². The van der Waals surface area contributed by atoms with Gasteiger partial charge in [0.2, 0.25) is 11.8 Å². The van der Waals surface area contributed by atoms with Gasteiger partial charge in [-0.2, -0.15) is 0 Å². The summed E-state index contributed by atoms with van der Waals surface area (Å²) in [6, 6.07) is 30.3. The molecule has 0 saturated heterocycles. The van der Waals surface area contributed by atoms with Gasteiger partial charge in [-0.3, -0.25) is 14.4 Å². The molecule has 5 aromatic rings. The van der Waals surface area contributed by atoms with Crippen LogP contribution in [0.3, 0.4) is 0 Å². The lowest BCUT2D eigenvalue weighted by atomic mass is 9.98. The van der Waals surface area contributed by atoms with Crippen molar-refractivity contribution in [3.63, 3.8) is 0 Å². The lowest BCUT2D eigenvalue weighted by Crippen LogP contribution is -2.38. The van der Waals surface area contributed by atoms with Gasteiger partial charge in [-0.05, 0) is 141 Å². The van der Waals surface area contributed by atoms with Crippen molar-refractivity contribution in [2.75, 3.05) is 94.4 Å². The smallest absolute Gasteiger partial charge is 0.258 e. The van der Waals surface area contributed by atoms with Crippen molar-refractivity contribution >= 4 is 68.3 Å². The quantitative estimate of drug-likeness (QED) is 0.0245. The molecule has 2 atom stereocenters. The first-order valence-electron chi connectivity index (χ1n) is 26.9. The van der Waals surface area contributed by atoms with E-state index in [-0.39, 0.29) is 47.8 Å². The van der Waals surface area contributed by atoms with Gasteiger partial charge >= 0.3 is 0 Å². The number of nitrogens with zero attached hydrogens (tertiary/aromatic N) is 4. The molecular formula is C61H73N5O9S2. The average Bonchev–Trinajstić information content (AvgIpc) is 4.03. The molecule has 0 aliphatic carbocycles. The minimum atomic E-state index is -0.245. The van der Waals surface area contributed by atoms with Crippen molar-refractivity contribution in [1.29, 1.82) is 0 Å². The molecule has 0 aromatic heterocycles. The van der Waals surface area contributed by atoms with E-state index in [1.807, 2.05) is 64.7 Å². The van der Waals surface area contributed by atoms with Gasteiger partial charge in [0.25, 0.3) is 5.91 Å². The minimum absolute atomic E-state index is 0.0471. The summed E-state index contributed by atoms with van der Waals surface area (Å²) in [7, 11) is 8.66. The predicted molar refractivity (Wildman–Crippen MR) is 308 cm³/mol. The Kier molecular flexibility index (Phi) is 18.5. The SMILES string of the molecule is CCCNC(=O)CCSSC(C)(C)CN(CCOCCOCCOC)c1cc(COc2cc3c(cc2C)C(=O)N2c4ccccc4C[C@H]2CC3)cc(COc2cc3c(cc2OC)C(=O)N2c4ccccc4C[C@H]2[C-]=[N+]3C)c1. The molecule has 408 valence electrons. The van der Waals surface area contributed by atoms with Crippen LogP contribution in [0.1, 0.15) is 94.1 Å². The third-order valence-electron chi connectivity index (χ3n) is 14.4. The van der Waals surface area contributed by atoms with E-state index in [9.17, 15) is 14.4 Å². The van der Waals surface area contributed by atoms with E-state index in [1.54, 1.807) is 41.9 Å². The lowest BCUT2D eigenvalue weighted by molar-refractivity contribution is -0.401. The van der Waals surface area contributed by atoms with Crippen LogP contribution in [0, 0.1) is 6.92 Å². The largest absolute Gasteiger partial charge is 0.493 e. The van der Waals surface area contributed by atoms with Crippen LogP contribution < -0.4 is 34.2 Å². The molecule has 0 unspecified atom stereocenters. The number of aryl methyl sites for hydroxylation is 2. The second-order valence-corrected chi connectivity index (χ2v) is 23.8. The number of fused-ring (bicyclic) bond motifs is 8.